The fourth-order valence-electron chi connectivity index (χ4n) is 1.90. The number of anilines is 1. The largest absolute Gasteiger partial charge is 0.332 e. The molecule has 0 spiro atoms. The molecule has 0 bridgehead atoms. The molecule has 0 fully saturated rings. The molecule has 0 aliphatic heterocycles. The van der Waals surface area contributed by atoms with Gasteiger partial charge in [0.25, 0.3) is 0 Å². The number of amides is 2. The highest BCUT2D eigenvalue weighted by molar-refractivity contribution is 5.89. The van der Waals surface area contributed by atoms with E-state index in [1.54, 1.807) is 12.4 Å². The van der Waals surface area contributed by atoms with Crippen LogP contribution in [0.1, 0.15) is 22.5 Å². The topological polar surface area (TPSA) is 66.9 Å². The van der Waals surface area contributed by atoms with Crippen LogP contribution in [-0.4, -0.2) is 16.0 Å². The number of hydrogen-bond acceptors (Lipinski definition) is 3. The van der Waals surface area contributed by atoms with Gasteiger partial charge in [-0.05, 0) is 44.0 Å². The second-order valence-corrected chi connectivity index (χ2v) is 4.83. The molecule has 0 saturated carbocycles. The van der Waals surface area contributed by atoms with Crippen molar-refractivity contribution in [3.05, 3.63) is 53.1 Å². The normalized spacial score (nSPS) is 10.2. The first-order valence-corrected chi connectivity index (χ1v) is 6.43. The van der Waals surface area contributed by atoms with E-state index in [0.29, 0.717) is 6.54 Å². The maximum Gasteiger partial charge on any atom is 0.319 e. The summed E-state index contributed by atoms with van der Waals surface area (Å²) in [5.74, 6) is 0. The molecule has 2 amide bonds. The Bertz CT molecular complexity index is 588. The lowest BCUT2D eigenvalue weighted by molar-refractivity contribution is 0.251. The van der Waals surface area contributed by atoms with Gasteiger partial charge in [0.05, 0.1) is 24.1 Å². The van der Waals surface area contributed by atoms with Gasteiger partial charge < -0.3 is 10.6 Å². The van der Waals surface area contributed by atoms with Crippen molar-refractivity contribution in [2.75, 3.05) is 5.32 Å². The number of nitrogens with one attached hydrogen (secondary N) is 2. The molecule has 2 aromatic rings. The molecule has 2 rings (SSSR count). The van der Waals surface area contributed by atoms with E-state index >= 15 is 0 Å². The Hall–Kier alpha value is -2.43. The van der Waals surface area contributed by atoms with Gasteiger partial charge in [0, 0.05) is 11.9 Å². The lowest BCUT2D eigenvalue weighted by atomic mass is 10.1. The summed E-state index contributed by atoms with van der Waals surface area (Å²) < 4.78 is 0. The first-order chi connectivity index (χ1) is 9.52. The van der Waals surface area contributed by atoms with Crippen molar-refractivity contribution >= 4 is 11.7 Å². The van der Waals surface area contributed by atoms with Gasteiger partial charge in [0.2, 0.25) is 0 Å². The molecule has 2 N–H and O–H groups in total. The van der Waals surface area contributed by atoms with Crippen LogP contribution in [0.2, 0.25) is 0 Å². The molecular weight excluding hydrogens is 252 g/mol. The summed E-state index contributed by atoms with van der Waals surface area (Å²) in [6, 6.07) is 5.67. The fraction of sp³-hybridized carbons (Fsp3) is 0.267. The van der Waals surface area contributed by atoms with Crippen molar-refractivity contribution in [1.82, 2.24) is 15.3 Å². The zero-order valence-electron chi connectivity index (χ0n) is 11.9. The highest BCUT2D eigenvalue weighted by atomic mass is 16.2. The van der Waals surface area contributed by atoms with Crippen LogP contribution in [0.15, 0.2) is 30.6 Å². The van der Waals surface area contributed by atoms with Crippen LogP contribution in [0.3, 0.4) is 0 Å². The molecule has 20 heavy (non-hydrogen) atoms. The second kappa shape index (κ2) is 6.14. The monoisotopic (exact) mass is 270 g/mol. The molecule has 1 aromatic heterocycles. The molecule has 1 heterocycles. The standard InChI is InChI=1S/C15H18N4O/c1-10-4-11(2)6-13(5-10)19-15(20)18-9-14-8-16-12(3)7-17-14/h4-8H,9H2,1-3H3,(H2,18,19,20). The van der Waals surface area contributed by atoms with Crippen molar-refractivity contribution < 1.29 is 4.79 Å². The average molecular weight is 270 g/mol. The molecule has 0 aliphatic rings. The SMILES string of the molecule is Cc1cc(C)cc(NC(=O)NCc2cnc(C)cn2)c1. The third kappa shape index (κ3) is 4.05. The number of urea groups is 1. The number of benzene rings is 1. The number of aryl methyl sites for hydroxylation is 3. The lowest BCUT2D eigenvalue weighted by Gasteiger charge is -2.09. The van der Waals surface area contributed by atoms with Crippen molar-refractivity contribution in [3.8, 4) is 0 Å². The number of rotatable bonds is 3. The molecule has 5 nitrogen and oxygen atoms in total. The van der Waals surface area contributed by atoms with Gasteiger partial charge >= 0.3 is 6.03 Å². The van der Waals surface area contributed by atoms with Crippen LogP contribution in [0, 0.1) is 20.8 Å². The molecule has 0 unspecified atom stereocenters. The van der Waals surface area contributed by atoms with Gasteiger partial charge in [0.15, 0.2) is 0 Å². The number of hydrogen-bond donors (Lipinski definition) is 2. The zero-order chi connectivity index (χ0) is 14.5. The summed E-state index contributed by atoms with van der Waals surface area (Å²) in [5.41, 5.74) is 4.60. The molecule has 0 radical (unpaired) electrons. The van der Waals surface area contributed by atoms with E-state index in [0.717, 1.165) is 28.2 Å². The lowest BCUT2D eigenvalue weighted by Crippen LogP contribution is -2.28. The van der Waals surface area contributed by atoms with Crippen LogP contribution in [0.4, 0.5) is 10.5 Å². The predicted octanol–water partition coefficient (Wildman–Crippen LogP) is 2.72. The van der Waals surface area contributed by atoms with Gasteiger partial charge in [-0.3, -0.25) is 9.97 Å². The van der Waals surface area contributed by atoms with Crippen LogP contribution in [-0.2, 0) is 6.54 Å². The van der Waals surface area contributed by atoms with Crippen LogP contribution < -0.4 is 10.6 Å². The molecule has 5 heteroatoms. The number of carbonyl (C=O) groups excluding carboxylic acids is 1. The highest BCUT2D eigenvalue weighted by Gasteiger charge is 2.03. The maximum absolute atomic E-state index is 11.8. The Morgan fingerprint density at radius 2 is 1.75 bits per heavy atom. The minimum absolute atomic E-state index is 0.252. The fourth-order valence-corrected chi connectivity index (χ4v) is 1.90. The van der Waals surface area contributed by atoms with Crippen LogP contribution in [0.5, 0.6) is 0 Å². The minimum atomic E-state index is -0.252. The quantitative estimate of drug-likeness (QED) is 0.901. The average Bonchev–Trinajstić information content (AvgIpc) is 2.37. The van der Waals surface area contributed by atoms with Crippen molar-refractivity contribution in [2.45, 2.75) is 27.3 Å². The van der Waals surface area contributed by atoms with Crippen molar-refractivity contribution in [2.24, 2.45) is 0 Å². The van der Waals surface area contributed by atoms with E-state index in [-0.39, 0.29) is 6.03 Å². The Morgan fingerprint density at radius 1 is 1.05 bits per heavy atom. The summed E-state index contributed by atoms with van der Waals surface area (Å²) in [6.07, 6.45) is 3.34. The Labute approximate surface area is 118 Å². The van der Waals surface area contributed by atoms with E-state index in [1.807, 2.05) is 32.9 Å². The van der Waals surface area contributed by atoms with E-state index in [1.165, 1.54) is 0 Å². The molecule has 0 aliphatic carbocycles. The molecule has 0 atom stereocenters. The summed E-state index contributed by atoms with van der Waals surface area (Å²) in [4.78, 5) is 20.1. The summed E-state index contributed by atoms with van der Waals surface area (Å²) in [6.45, 7) is 6.22. The van der Waals surface area contributed by atoms with Crippen molar-refractivity contribution in [3.63, 3.8) is 0 Å². The summed E-state index contributed by atoms with van der Waals surface area (Å²) in [7, 11) is 0. The predicted molar refractivity (Wildman–Crippen MR) is 78.5 cm³/mol. The van der Waals surface area contributed by atoms with Gasteiger partial charge in [-0.1, -0.05) is 6.07 Å². The van der Waals surface area contributed by atoms with E-state index < -0.39 is 0 Å². The van der Waals surface area contributed by atoms with Gasteiger partial charge in [-0.2, -0.15) is 0 Å². The van der Waals surface area contributed by atoms with E-state index in [4.69, 9.17) is 0 Å². The third-order valence-electron chi connectivity index (χ3n) is 2.74. The van der Waals surface area contributed by atoms with Gasteiger partial charge in [-0.25, -0.2) is 4.79 Å². The highest BCUT2D eigenvalue weighted by Crippen LogP contribution is 2.13. The van der Waals surface area contributed by atoms with Gasteiger partial charge in [0.1, 0.15) is 0 Å². The third-order valence-corrected chi connectivity index (χ3v) is 2.74. The van der Waals surface area contributed by atoms with Crippen LogP contribution >= 0.6 is 0 Å². The Balaban J connectivity index is 1.90. The maximum atomic E-state index is 11.8. The minimum Gasteiger partial charge on any atom is -0.332 e. The first-order valence-electron chi connectivity index (χ1n) is 6.43. The molecule has 0 saturated heterocycles. The van der Waals surface area contributed by atoms with Crippen molar-refractivity contribution in [1.29, 1.82) is 0 Å². The molecule has 1 aromatic carbocycles. The molecule has 104 valence electrons. The first kappa shape index (κ1) is 14.0. The van der Waals surface area contributed by atoms with Crippen LogP contribution in [0.25, 0.3) is 0 Å². The van der Waals surface area contributed by atoms with E-state index in [2.05, 4.69) is 26.7 Å². The zero-order valence-corrected chi connectivity index (χ0v) is 11.9. The Morgan fingerprint density at radius 3 is 2.35 bits per heavy atom. The number of carbonyl (C=O) groups is 1. The second-order valence-electron chi connectivity index (χ2n) is 4.83. The summed E-state index contributed by atoms with van der Waals surface area (Å²) in [5, 5.41) is 5.56. The Kier molecular flexibility index (Phi) is 4.30. The van der Waals surface area contributed by atoms with E-state index in [9.17, 15) is 4.79 Å². The smallest absolute Gasteiger partial charge is 0.319 e. The van der Waals surface area contributed by atoms with Gasteiger partial charge in [-0.15, -0.1) is 0 Å². The number of nitrogens with zero attached hydrogens (tertiary/aromatic N) is 2. The number of aromatic nitrogens is 2. The molecular formula is C15H18N4O. The summed E-state index contributed by atoms with van der Waals surface area (Å²) >= 11 is 0.